The lowest BCUT2D eigenvalue weighted by molar-refractivity contribution is 0.282. The average molecular weight is 356 g/mol. The normalized spacial score (nSPS) is 12.0. The molecule has 2 nitrogen and oxygen atoms in total. The molecule has 4 aromatic carbocycles. The number of fused-ring (bicyclic) bond motifs is 2. The molecule has 0 aliphatic carbocycles. The number of aliphatic hydroxyl groups excluding tert-OH is 2. The zero-order valence-corrected chi connectivity index (χ0v) is 15.7. The summed E-state index contributed by atoms with van der Waals surface area (Å²) >= 11 is 0. The van der Waals surface area contributed by atoms with Crippen LogP contribution in [-0.4, -0.2) is 10.2 Å². The van der Waals surface area contributed by atoms with Gasteiger partial charge < -0.3 is 10.2 Å². The minimum absolute atomic E-state index is 0.0677. The maximum absolute atomic E-state index is 9.34. The molecule has 4 rings (SSSR count). The van der Waals surface area contributed by atoms with Crippen molar-refractivity contribution in [2.75, 3.05) is 0 Å². The van der Waals surface area contributed by atoms with E-state index in [1.165, 1.54) is 21.9 Å². The molecule has 27 heavy (non-hydrogen) atoms. The number of aliphatic hydroxyl groups is 2. The van der Waals surface area contributed by atoms with Gasteiger partial charge in [0.05, 0.1) is 13.2 Å². The van der Waals surface area contributed by atoms with Gasteiger partial charge in [0.2, 0.25) is 0 Å². The van der Waals surface area contributed by atoms with E-state index < -0.39 is 0 Å². The van der Waals surface area contributed by atoms with E-state index in [9.17, 15) is 10.2 Å². The number of hydrogen-bond acceptors (Lipinski definition) is 2. The van der Waals surface area contributed by atoms with Crippen LogP contribution in [0.4, 0.5) is 0 Å². The first-order valence-corrected chi connectivity index (χ1v) is 9.29. The van der Waals surface area contributed by atoms with Crippen LogP contribution in [0.15, 0.2) is 72.8 Å². The van der Waals surface area contributed by atoms with Gasteiger partial charge in [0, 0.05) is 5.41 Å². The van der Waals surface area contributed by atoms with Crippen LogP contribution in [0, 0.1) is 0 Å². The molecule has 0 spiro atoms. The average Bonchev–Trinajstić information content (AvgIpc) is 2.72. The Morgan fingerprint density at radius 1 is 0.556 bits per heavy atom. The predicted molar refractivity (Wildman–Crippen MR) is 112 cm³/mol. The van der Waals surface area contributed by atoms with Crippen LogP contribution in [0.25, 0.3) is 21.5 Å². The Hall–Kier alpha value is -2.68. The lowest BCUT2D eigenvalue weighted by Gasteiger charge is -2.27. The van der Waals surface area contributed by atoms with Crippen LogP contribution < -0.4 is 0 Å². The van der Waals surface area contributed by atoms with E-state index in [2.05, 4.69) is 62.4 Å². The quantitative estimate of drug-likeness (QED) is 0.521. The van der Waals surface area contributed by atoms with Crippen molar-refractivity contribution in [1.82, 2.24) is 0 Å². The summed E-state index contributed by atoms with van der Waals surface area (Å²) in [4.78, 5) is 0. The van der Waals surface area contributed by atoms with Crippen LogP contribution in [0.1, 0.15) is 36.1 Å². The van der Waals surface area contributed by atoms with Gasteiger partial charge >= 0.3 is 0 Å². The minimum Gasteiger partial charge on any atom is -0.392 e. The van der Waals surface area contributed by atoms with Gasteiger partial charge in [0.25, 0.3) is 0 Å². The van der Waals surface area contributed by atoms with Crippen molar-refractivity contribution in [3.05, 3.63) is 95.1 Å². The lowest BCUT2D eigenvalue weighted by Crippen LogP contribution is -2.18. The monoisotopic (exact) mass is 356 g/mol. The molecule has 0 aliphatic heterocycles. The van der Waals surface area contributed by atoms with Crippen LogP contribution in [-0.2, 0) is 18.6 Å². The molecule has 0 saturated carbocycles. The van der Waals surface area contributed by atoms with Gasteiger partial charge in [0.1, 0.15) is 0 Å². The third kappa shape index (κ3) is 3.23. The molecule has 136 valence electrons. The molecule has 0 atom stereocenters. The van der Waals surface area contributed by atoms with Gasteiger partial charge in [0.15, 0.2) is 0 Å². The van der Waals surface area contributed by atoms with E-state index >= 15 is 0 Å². The van der Waals surface area contributed by atoms with E-state index in [-0.39, 0.29) is 18.6 Å². The first-order valence-electron chi connectivity index (χ1n) is 9.29. The second-order valence-electron chi connectivity index (χ2n) is 7.73. The lowest BCUT2D eigenvalue weighted by atomic mass is 9.77. The summed E-state index contributed by atoms with van der Waals surface area (Å²) < 4.78 is 0. The van der Waals surface area contributed by atoms with Crippen LogP contribution >= 0.6 is 0 Å². The summed E-state index contributed by atoms with van der Waals surface area (Å²) in [6.07, 6.45) is 0. The van der Waals surface area contributed by atoms with E-state index in [1.54, 1.807) is 0 Å². The second kappa shape index (κ2) is 6.80. The summed E-state index contributed by atoms with van der Waals surface area (Å²) in [5.74, 6) is 0. The molecule has 0 amide bonds. The van der Waals surface area contributed by atoms with Crippen LogP contribution in [0.2, 0.25) is 0 Å². The van der Waals surface area contributed by atoms with E-state index in [1.807, 2.05) is 24.3 Å². The molecular formula is C25H24O2. The Morgan fingerprint density at radius 2 is 0.926 bits per heavy atom. The highest BCUT2D eigenvalue weighted by Gasteiger charge is 2.23. The molecule has 2 N–H and O–H groups in total. The Balaban J connectivity index is 1.77. The third-order valence-electron chi connectivity index (χ3n) is 5.62. The van der Waals surface area contributed by atoms with E-state index in [0.717, 1.165) is 21.9 Å². The fourth-order valence-corrected chi connectivity index (χ4v) is 3.73. The summed E-state index contributed by atoms with van der Waals surface area (Å²) in [5, 5.41) is 23.3. The molecule has 0 saturated heterocycles. The van der Waals surface area contributed by atoms with Crippen molar-refractivity contribution in [3.8, 4) is 0 Å². The van der Waals surface area contributed by atoms with Crippen molar-refractivity contribution in [2.24, 2.45) is 0 Å². The smallest absolute Gasteiger partial charge is 0.0682 e. The van der Waals surface area contributed by atoms with Crippen LogP contribution in [0.5, 0.6) is 0 Å². The molecule has 0 radical (unpaired) electrons. The first-order chi connectivity index (χ1) is 13.0. The molecular weight excluding hydrogens is 332 g/mol. The van der Waals surface area contributed by atoms with Crippen molar-refractivity contribution in [1.29, 1.82) is 0 Å². The molecule has 0 bridgehead atoms. The SMILES string of the molecule is CC(C)(c1ccc2cc(CO)ccc2c1)c1ccc2cc(CO)ccc2c1. The molecule has 0 aliphatic rings. The fourth-order valence-electron chi connectivity index (χ4n) is 3.73. The highest BCUT2D eigenvalue weighted by molar-refractivity contribution is 5.86. The second-order valence-corrected chi connectivity index (χ2v) is 7.73. The van der Waals surface area contributed by atoms with Gasteiger partial charge in [-0.25, -0.2) is 0 Å². The summed E-state index contributed by atoms with van der Waals surface area (Å²) in [6, 6.07) is 25.3. The molecule has 0 aromatic heterocycles. The Kier molecular flexibility index (Phi) is 4.47. The third-order valence-corrected chi connectivity index (χ3v) is 5.62. The topological polar surface area (TPSA) is 40.5 Å². The summed E-state index contributed by atoms with van der Waals surface area (Å²) in [7, 11) is 0. The molecule has 2 heteroatoms. The first kappa shape index (κ1) is 17.7. The van der Waals surface area contributed by atoms with Crippen LogP contribution in [0.3, 0.4) is 0 Å². The van der Waals surface area contributed by atoms with Crippen molar-refractivity contribution in [2.45, 2.75) is 32.5 Å². The van der Waals surface area contributed by atoms with Gasteiger partial charge in [-0.2, -0.15) is 0 Å². The number of rotatable bonds is 4. The van der Waals surface area contributed by atoms with Crippen molar-refractivity contribution >= 4 is 21.5 Å². The Morgan fingerprint density at radius 3 is 1.33 bits per heavy atom. The van der Waals surface area contributed by atoms with Gasteiger partial charge in [-0.1, -0.05) is 74.5 Å². The maximum Gasteiger partial charge on any atom is 0.0682 e. The standard InChI is InChI=1S/C25H24O2/c1-25(2,23-9-7-19-11-17(15-26)3-5-21(19)13-23)24-10-8-20-12-18(16-27)4-6-22(20)14-24/h3-14,26-27H,15-16H2,1-2H3. The van der Waals surface area contributed by atoms with Crippen molar-refractivity contribution < 1.29 is 10.2 Å². The van der Waals surface area contributed by atoms with E-state index in [0.29, 0.717) is 0 Å². The molecule has 0 heterocycles. The molecule has 4 aromatic rings. The minimum atomic E-state index is -0.131. The zero-order valence-electron chi connectivity index (χ0n) is 15.7. The highest BCUT2D eigenvalue weighted by atomic mass is 16.3. The fraction of sp³-hybridized carbons (Fsp3) is 0.200. The highest BCUT2D eigenvalue weighted by Crippen LogP contribution is 2.35. The summed E-state index contributed by atoms with van der Waals surface area (Å²) in [6.45, 7) is 4.63. The zero-order chi connectivity index (χ0) is 19.0. The molecule has 0 fully saturated rings. The van der Waals surface area contributed by atoms with Crippen molar-refractivity contribution in [3.63, 3.8) is 0 Å². The summed E-state index contributed by atoms with van der Waals surface area (Å²) in [5.41, 5.74) is 4.27. The Labute approximate surface area is 159 Å². The van der Waals surface area contributed by atoms with E-state index in [4.69, 9.17) is 0 Å². The van der Waals surface area contributed by atoms with Gasteiger partial charge in [-0.15, -0.1) is 0 Å². The number of hydrogen-bond donors (Lipinski definition) is 2. The largest absolute Gasteiger partial charge is 0.392 e. The number of benzene rings is 4. The Bertz CT molecular complexity index is 1040. The molecule has 0 unspecified atom stereocenters. The predicted octanol–water partition coefficient (Wildman–Crippen LogP) is 5.30. The van der Waals surface area contributed by atoms with Gasteiger partial charge in [-0.3, -0.25) is 0 Å². The maximum atomic E-state index is 9.34. The van der Waals surface area contributed by atoms with Gasteiger partial charge in [-0.05, 0) is 55.9 Å².